The van der Waals surface area contributed by atoms with Crippen LogP contribution < -0.4 is 5.73 Å². The lowest BCUT2D eigenvalue weighted by Gasteiger charge is -2.43. The fourth-order valence-corrected chi connectivity index (χ4v) is 2.77. The van der Waals surface area contributed by atoms with Crippen LogP contribution in [-0.4, -0.2) is 11.7 Å². The molecule has 0 heterocycles. The fraction of sp³-hybridized carbons (Fsp3) is 0.571. The van der Waals surface area contributed by atoms with E-state index >= 15 is 0 Å². The van der Waals surface area contributed by atoms with Crippen molar-refractivity contribution in [1.82, 2.24) is 0 Å². The maximum atomic E-state index is 9.16. The van der Waals surface area contributed by atoms with Gasteiger partial charge in [0.05, 0.1) is 0 Å². The zero-order chi connectivity index (χ0) is 11.8. The normalized spacial score (nSPS) is 27.5. The highest BCUT2D eigenvalue weighted by atomic mass is 16.3. The van der Waals surface area contributed by atoms with E-state index in [-0.39, 0.29) is 17.6 Å². The topological polar surface area (TPSA) is 46.2 Å². The summed E-state index contributed by atoms with van der Waals surface area (Å²) in [6, 6.07) is 8.41. The van der Waals surface area contributed by atoms with Crippen LogP contribution in [0.2, 0.25) is 0 Å². The Labute approximate surface area is 97.5 Å². The molecule has 3 N–H and O–H groups in total. The molecule has 2 rings (SSSR count). The number of aliphatic hydroxyl groups excluding tert-OH is 1. The predicted molar refractivity (Wildman–Crippen MR) is 66.3 cm³/mol. The molecular weight excluding hydrogens is 198 g/mol. The Bertz CT molecular complexity index is 386. The number of aliphatic hydroxyl groups is 1. The maximum Gasteiger partial charge on any atom is 0.0451 e. The highest BCUT2D eigenvalue weighted by molar-refractivity contribution is 5.41. The molecule has 1 aromatic carbocycles. The molecule has 16 heavy (non-hydrogen) atoms. The van der Waals surface area contributed by atoms with E-state index in [1.807, 2.05) is 6.07 Å². The van der Waals surface area contributed by atoms with Crippen molar-refractivity contribution in [3.63, 3.8) is 0 Å². The molecule has 1 aliphatic rings. The smallest absolute Gasteiger partial charge is 0.0451 e. The number of hydrogen-bond donors (Lipinski definition) is 2. The highest BCUT2D eigenvalue weighted by Crippen LogP contribution is 2.44. The van der Waals surface area contributed by atoms with Crippen LogP contribution in [0.5, 0.6) is 0 Å². The van der Waals surface area contributed by atoms with E-state index in [4.69, 9.17) is 10.8 Å². The molecule has 2 nitrogen and oxygen atoms in total. The molecule has 2 heteroatoms. The van der Waals surface area contributed by atoms with E-state index in [2.05, 4.69) is 32.0 Å². The summed E-state index contributed by atoms with van der Waals surface area (Å²) in [6.07, 6.45) is 2.69. The summed E-state index contributed by atoms with van der Waals surface area (Å²) in [5.74, 6) is 0. The van der Waals surface area contributed by atoms with E-state index in [1.165, 1.54) is 11.1 Å². The zero-order valence-electron chi connectivity index (χ0n) is 10.2. The molecule has 0 saturated carbocycles. The monoisotopic (exact) mass is 219 g/mol. The zero-order valence-corrected chi connectivity index (χ0v) is 10.2. The first-order valence-corrected chi connectivity index (χ1v) is 5.99. The van der Waals surface area contributed by atoms with Gasteiger partial charge in [0.2, 0.25) is 0 Å². The Balaban J connectivity index is 2.51. The minimum absolute atomic E-state index is 0.158. The molecular formula is C14H21NO. The van der Waals surface area contributed by atoms with Crippen LogP contribution in [0, 0.1) is 0 Å². The van der Waals surface area contributed by atoms with E-state index < -0.39 is 0 Å². The van der Waals surface area contributed by atoms with E-state index in [0.29, 0.717) is 6.42 Å². The lowest BCUT2D eigenvalue weighted by Crippen LogP contribution is -2.45. The minimum atomic E-state index is -0.332. The molecule has 0 spiro atoms. The summed E-state index contributed by atoms with van der Waals surface area (Å²) in [5, 5.41) is 9.16. The molecule has 0 saturated heterocycles. The molecule has 0 radical (unpaired) electrons. The number of nitrogens with two attached hydrogens (primary N) is 1. The van der Waals surface area contributed by atoms with Crippen molar-refractivity contribution in [3.05, 3.63) is 35.4 Å². The number of fused-ring (bicyclic) bond motifs is 1. The minimum Gasteiger partial charge on any atom is -0.396 e. The van der Waals surface area contributed by atoms with E-state index in [9.17, 15) is 0 Å². The first kappa shape index (κ1) is 11.6. The van der Waals surface area contributed by atoms with Crippen molar-refractivity contribution in [3.8, 4) is 0 Å². The molecule has 0 bridgehead atoms. The van der Waals surface area contributed by atoms with Gasteiger partial charge >= 0.3 is 0 Å². The van der Waals surface area contributed by atoms with Gasteiger partial charge in [-0.05, 0) is 35.8 Å². The summed E-state index contributed by atoms with van der Waals surface area (Å²) in [7, 11) is 0. The predicted octanol–water partition coefficient (Wildman–Crippen LogP) is 2.29. The van der Waals surface area contributed by atoms with Gasteiger partial charge in [-0.3, -0.25) is 0 Å². The van der Waals surface area contributed by atoms with Crippen LogP contribution in [0.1, 0.15) is 44.2 Å². The van der Waals surface area contributed by atoms with Crippen LogP contribution in [-0.2, 0) is 11.0 Å². The number of rotatable bonds is 2. The summed E-state index contributed by atoms with van der Waals surface area (Å²) < 4.78 is 0. The summed E-state index contributed by atoms with van der Waals surface area (Å²) in [6.45, 7) is 4.69. The van der Waals surface area contributed by atoms with Gasteiger partial charge in [-0.1, -0.05) is 38.1 Å². The SMILES string of the molecule is CC1(C)CCC(N)(CCO)c2ccccc21. The molecule has 0 aromatic heterocycles. The Kier molecular flexibility index (Phi) is 2.81. The third-order valence-corrected chi connectivity index (χ3v) is 3.95. The molecule has 0 amide bonds. The van der Waals surface area contributed by atoms with Crippen LogP contribution >= 0.6 is 0 Å². The Morgan fingerprint density at radius 3 is 2.44 bits per heavy atom. The standard InChI is InChI=1S/C14H21NO/c1-13(2)7-8-14(15,9-10-16)12-6-4-3-5-11(12)13/h3-6,16H,7-10,15H2,1-2H3. The van der Waals surface area contributed by atoms with Crippen molar-refractivity contribution in [2.24, 2.45) is 5.73 Å². The molecule has 1 atom stereocenters. The summed E-state index contributed by atoms with van der Waals surface area (Å²) in [5.41, 5.74) is 8.88. The van der Waals surface area contributed by atoms with Crippen LogP contribution in [0.4, 0.5) is 0 Å². The van der Waals surface area contributed by atoms with Crippen molar-refractivity contribution in [2.45, 2.75) is 44.1 Å². The van der Waals surface area contributed by atoms with Gasteiger partial charge < -0.3 is 10.8 Å². The van der Waals surface area contributed by atoms with E-state index in [0.717, 1.165) is 12.8 Å². The van der Waals surface area contributed by atoms with Crippen molar-refractivity contribution < 1.29 is 5.11 Å². The van der Waals surface area contributed by atoms with Crippen molar-refractivity contribution >= 4 is 0 Å². The molecule has 1 aliphatic carbocycles. The quantitative estimate of drug-likeness (QED) is 0.801. The van der Waals surface area contributed by atoms with Crippen molar-refractivity contribution in [1.29, 1.82) is 0 Å². The average molecular weight is 219 g/mol. The van der Waals surface area contributed by atoms with Gasteiger partial charge in [-0.2, -0.15) is 0 Å². The van der Waals surface area contributed by atoms with Gasteiger partial charge in [0.25, 0.3) is 0 Å². The number of benzene rings is 1. The molecule has 1 unspecified atom stereocenters. The first-order valence-electron chi connectivity index (χ1n) is 5.99. The highest BCUT2D eigenvalue weighted by Gasteiger charge is 2.39. The van der Waals surface area contributed by atoms with Gasteiger partial charge in [-0.15, -0.1) is 0 Å². The average Bonchev–Trinajstić information content (AvgIpc) is 2.26. The Morgan fingerprint density at radius 2 is 1.81 bits per heavy atom. The van der Waals surface area contributed by atoms with Crippen LogP contribution in [0.3, 0.4) is 0 Å². The molecule has 0 fully saturated rings. The van der Waals surface area contributed by atoms with Crippen molar-refractivity contribution in [2.75, 3.05) is 6.61 Å². The lowest BCUT2D eigenvalue weighted by molar-refractivity contribution is 0.207. The van der Waals surface area contributed by atoms with Gasteiger partial charge in [0.1, 0.15) is 0 Å². The van der Waals surface area contributed by atoms with Gasteiger partial charge in [-0.25, -0.2) is 0 Å². The summed E-state index contributed by atoms with van der Waals surface area (Å²) >= 11 is 0. The Hall–Kier alpha value is -0.860. The largest absolute Gasteiger partial charge is 0.396 e. The molecule has 88 valence electrons. The van der Waals surface area contributed by atoms with E-state index in [1.54, 1.807) is 0 Å². The van der Waals surface area contributed by atoms with Crippen LogP contribution in [0.15, 0.2) is 24.3 Å². The fourth-order valence-electron chi connectivity index (χ4n) is 2.77. The first-order chi connectivity index (χ1) is 7.49. The Morgan fingerprint density at radius 1 is 1.19 bits per heavy atom. The molecule has 0 aliphatic heterocycles. The maximum absolute atomic E-state index is 9.16. The van der Waals surface area contributed by atoms with Gasteiger partial charge in [0, 0.05) is 12.1 Å². The van der Waals surface area contributed by atoms with Crippen LogP contribution in [0.25, 0.3) is 0 Å². The molecule has 1 aromatic rings. The number of hydrogen-bond acceptors (Lipinski definition) is 2. The second kappa shape index (κ2) is 3.86. The third-order valence-electron chi connectivity index (χ3n) is 3.95. The second-order valence-electron chi connectivity index (χ2n) is 5.56. The lowest BCUT2D eigenvalue weighted by atomic mass is 9.65. The summed E-state index contributed by atoms with van der Waals surface area (Å²) in [4.78, 5) is 0. The van der Waals surface area contributed by atoms with Gasteiger partial charge in [0.15, 0.2) is 0 Å². The third kappa shape index (κ3) is 1.76. The second-order valence-corrected chi connectivity index (χ2v) is 5.56.